The molecule has 1 fully saturated rings. The monoisotopic (exact) mass is 402 g/mol. The van der Waals surface area contributed by atoms with Crippen LogP contribution in [0.25, 0.3) is 28.3 Å². The topological polar surface area (TPSA) is 115 Å². The smallest absolute Gasteiger partial charge is 0.298 e. The molecule has 0 amide bonds. The van der Waals surface area contributed by atoms with Crippen LogP contribution in [0.5, 0.6) is 0 Å². The Morgan fingerprint density at radius 3 is 2.53 bits per heavy atom. The van der Waals surface area contributed by atoms with Crippen LogP contribution in [0.2, 0.25) is 0 Å². The largest absolute Gasteiger partial charge is 0.461 e. The third-order valence-corrected chi connectivity index (χ3v) is 5.23. The van der Waals surface area contributed by atoms with E-state index in [0.29, 0.717) is 23.2 Å². The van der Waals surface area contributed by atoms with Gasteiger partial charge in [-0.2, -0.15) is 14.5 Å². The lowest BCUT2D eigenvalue weighted by atomic mass is 10.3. The minimum Gasteiger partial charge on any atom is -0.461 e. The van der Waals surface area contributed by atoms with Crippen molar-refractivity contribution in [3.63, 3.8) is 0 Å². The van der Waals surface area contributed by atoms with Crippen LogP contribution >= 0.6 is 0 Å². The van der Waals surface area contributed by atoms with Crippen LogP contribution in [-0.4, -0.2) is 50.7 Å². The summed E-state index contributed by atoms with van der Waals surface area (Å²) in [6.07, 6.45) is 1.59. The van der Waals surface area contributed by atoms with Gasteiger partial charge in [0.1, 0.15) is 11.3 Å². The molecule has 1 aliphatic heterocycles. The highest BCUT2D eigenvalue weighted by atomic mass is 16.4. The van der Waals surface area contributed by atoms with Crippen LogP contribution in [0.4, 0.5) is 17.8 Å². The Bertz CT molecular complexity index is 1300. The number of hydrogen-bond donors (Lipinski definition) is 1. The first-order valence-corrected chi connectivity index (χ1v) is 9.67. The lowest BCUT2D eigenvalue weighted by molar-refractivity contribution is 0.540. The van der Waals surface area contributed by atoms with Gasteiger partial charge in [0.25, 0.3) is 6.01 Å². The molecule has 1 aromatic carbocycles. The van der Waals surface area contributed by atoms with E-state index in [1.165, 1.54) is 4.52 Å². The molecule has 1 aliphatic rings. The molecule has 0 atom stereocenters. The number of nitrogens with two attached hydrogens (primary N) is 1. The molecule has 2 N–H and O–H groups in total. The van der Waals surface area contributed by atoms with Crippen LogP contribution in [0.1, 0.15) is 0 Å². The first-order chi connectivity index (χ1) is 14.7. The van der Waals surface area contributed by atoms with Crippen molar-refractivity contribution < 1.29 is 8.83 Å². The lowest BCUT2D eigenvalue weighted by Gasteiger charge is -2.34. The summed E-state index contributed by atoms with van der Waals surface area (Å²) < 4.78 is 12.8. The number of rotatable bonds is 3. The molecule has 0 aliphatic carbocycles. The summed E-state index contributed by atoms with van der Waals surface area (Å²) in [5, 5.41) is 4.39. The fourth-order valence-electron chi connectivity index (χ4n) is 3.69. The second-order valence-corrected chi connectivity index (χ2v) is 7.09. The van der Waals surface area contributed by atoms with Crippen LogP contribution in [0.3, 0.4) is 0 Å². The van der Waals surface area contributed by atoms with E-state index in [-0.39, 0.29) is 5.95 Å². The maximum atomic E-state index is 6.15. The number of benzene rings is 1. The highest BCUT2D eigenvalue weighted by Gasteiger charge is 2.23. The van der Waals surface area contributed by atoms with Gasteiger partial charge in [-0.15, -0.1) is 5.10 Å². The third-order valence-electron chi connectivity index (χ3n) is 5.23. The van der Waals surface area contributed by atoms with Gasteiger partial charge in [0.05, 0.1) is 6.26 Å². The van der Waals surface area contributed by atoms with Gasteiger partial charge in [0.2, 0.25) is 11.8 Å². The maximum absolute atomic E-state index is 6.15. The van der Waals surface area contributed by atoms with Crippen molar-refractivity contribution in [1.29, 1.82) is 0 Å². The van der Waals surface area contributed by atoms with Gasteiger partial charge < -0.3 is 24.4 Å². The van der Waals surface area contributed by atoms with E-state index in [4.69, 9.17) is 14.6 Å². The molecule has 0 saturated carbocycles. The van der Waals surface area contributed by atoms with Crippen molar-refractivity contribution >= 4 is 34.5 Å². The first kappa shape index (κ1) is 16.8. The van der Waals surface area contributed by atoms with Crippen molar-refractivity contribution in [2.24, 2.45) is 0 Å². The van der Waals surface area contributed by atoms with Gasteiger partial charge in [-0.05, 0) is 24.3 Å². The Balaban J connectivity index is 1.24. The quantitative estimate of drug-likeness (QED) is 0.486. The van der Waals surface area contributed by atoms with Gasteiger partial charge in [-0.25, -0.2) is 4.98 Å². The number of hydrogen-bond acceptors (Lipinski definition) is 9. The number of anilines is 3. The van der Waals surface area contributed by atoms with E-state index < -0.39 is 0 Å². The van der Waals surface area contributed by atoms with Gasteiger partial charge in [0, 0.05) is 32.2 Å². The van der Waals surface area contributed by atoms with Crippen molar-refractivity contribution in [1.82, 2.24) is 24.6 Å². The fourth-order valence-corrected chi connectivity index (χ4v) is 3.69. The number of nitrogen functional groups attached to an aromatic ring is 1. The van der Waals surface area contributed by atoms with E-state index in [1.54, 1.807) is 12.3 Å². The average molecular weight is 402 g/mol. The molecule has 6 rings (SSSR count). The number of fused-ring (bicyclic) bond motifs is 2. The van der Waals surface area contributed by atoms with Crippen molar-refractivity contribution in [3.05, 3.63) is 48.7 Å². The molecule has 10 heteroatoms. The molecule has 0 spiro atoms. The Kier molecular flexibility index (Phi) is 3.63. The normalized spacial score (nSPS) is 14.8. The maximum Gasteiger partial charge on any atom is 0.298 e. The lowest BCUT2D eigenvalue weighted by Crippen LogP contribution is -2.47. The number of oxazole rings is 1. The number of aromatic nitrogens is 5. The van der Waals surface area contributed by atoms with Crippen molar-refractivity contribution in [2.75, 3.05) is 41.7 Å². The second kappa shape index (κ2) is 6.48. The highest BCUT2D eigenvalue weighted by Crippen LogP contribution is 2.25. The summed E-state index contributed by atoms with van der Waals surface area (Å²) in [6.45, 7) is 3.06. The second-order valence-electron chi connectivity index (χ2n) is 7.09. The summed E-state index contributed by atoms with van der Waals surface area (Å²) in [5.41, 5.74) is 8.45. The zero-order valence-electron chi connectivity index (χ0n) is 16.0. The Labute approximate surface area is 170 Å². The van der Waals surface area contributed by atoms with Crippen molar-refractivity contribution in [3.8, 4) is 11.6 Å². The zero-order chi connectivity index (χ0) is 20.1. The standard InChI is InChI=1S/C20H18N8O2/c21-19-24-16(12-17-23-18(25-28(17)19)15-6-3-11-29-15)26-7-9-27(10-8-26)20-22-13-4-1-2-5-14(13)30-20/h1-6,11-12H,7-10H2,(H2,21,24). The summed E-state index contributed by atoms with van der Waals surface area (Å²) in [5.74, 6) is 2.13. The summed E-state index contributed by atoms with van der Waals surface area (Å²) in [7, 11) is 0. The van der Waals surface area contributed by atoms with Crippen LogP contribution in [0.15, 0.2) is 57.6 Å². The summed E-state index contributed by atoms with van der Waals surface area (Å²) >= 11 is 0. The van der Waals surface area contributed by atoms with Gasteiger partial charge >= 0.3 is 0 Å². The van der Waals surface area contributed by atoms with E-state index in [9.17, 15) is 0 Å². The molecule has 10 nitrogen and oxygen atoms in total. The van der Waals surface area contributed by atoms with E-state index in [0.717, 1.165) is 43.1 Å². The first-order valence-electron chi connectivity index (χ1n) is 9.67. The molecule has 4 aromatic heterocycles. The molecule has 150 valence electrons. The molecular formula is C20H18N8O2. The van der Waals surface area contributed by atoms with E-state index >= 15 is 0 Å². The van der Waals surface area contributed by atoms with Crippen LogP contribution in [0, 0.1) is 0 Å². The Hall–Kier alpha value is -4.08. The third kappa shape index (κ3) is 2.72. The summed E-state index contributed by atoms with van der Waals surface area (Å²) in [6, 6.07) is 13.9. The molecule has 5 heterocycles. The number of piperazine rings is 1. The van der Waals surface area contributed by atoms with Crippen LogP contribution < -0.4 is 15.5 Å². The molecule has 0 bridgehead atoms. The molecular weight excluding hydrogens is 384 g/mol. The van der Waals surface area contributed by atoms with E-state index in [1.807, 2.05) is 36.4 Å². The number of furan rings is 1. The SMILES string of the molecule is Nc1nc(N2CCN(c3nc4ccccc4o3)CC2)cc2nc(-c3ccco3)nn12. The predicted molar refractivity (Wildman–Crippen MR) is 111 cm³/mol. The van der Waals surface area contributed by atoms with Crippen LogP contribution in [-0.2, 0) is 0 Å². The molecule has 0 unspecified atom stereocenters. The fraction of sp³-hybridized carbons (Fsp3) is 0.200. The van der Waals surface area contributed by atoms with Gasteiger partial charge in [0.15, 0.2) is 17.0 Å². The minimum absolute atomic E-state index is 0.286. The average Bonchev–Trinajstić information content (AvgIpc) is 3.52. The molecule has 5 aromatic rings. The zero-order valence-corrected chi connectivity index (χ0v) is 16.0. The van der Waals surface area contributed by atoms with Crippen molar-refractivity contribution in [2.45, 2.75) is 0 Å². The van der Waals surface area contributed by atoms with Gasteiger partial charge in [-0.1, -0.05) is 12.1 Å². The number of nitrogens with zero attached hydrogens (tertiary/aromatic N) is 7. The molecule has 30 heavy (non-hydrogen) atoms. The van der Waals surface area contributed by atoms with E-state index in [2.05, 4.69) is 29.9 Å². The Morgan fingerprint density at radius 1 is 0.900 bits per heavy atom. The Morgan fingerprint density at radius 2 is 1.73 bits per heavy atom. The minimum atomic E-state index is 0.286. The van der Waals surface area contributed by atoms with Gasteiger partial charge in [-0.3, -0.25) is 0 Å². The molecule has 1 saturated heterocycles. The predicted octanol–water partition coefficient (Wildman–Crippen LogP) is 2.43. The highest BCUT2D eigenvalue weighted by molar-refractivity contribution is 5.74. The number of para-hydroxylation sites is 2. The summed E-state index contributed by atoms with van der Waals surface area (Å²) in [4.78, 5) is 18.0. The molecule has 0 radical (unpaired) electrons.